The Balaban J connectivity index is 1.02. The molecule has 25 heteroatoms. The normalized spacial score (nSPS) is 15.8. The van der Waals surface area contributed by atoms with Crippen molar-refractivity contribution in [1.29, 1.82) is 10.5 Å². The number of carbonyl (C=O) groups is 8. The molecule has 3 aliphatic heterocycles. The van der Waals surface area contributed by atoms with E-state index >= 15 is 9.59 Å². The van der Waals surface area contributed by atoms with Crippen LogP contribution >= 0.6 is 45.3 Å². The van der Waals surface area contributed by atoms with Gasteiger partial charge < -0.3 is 23.7 Å². The summed E-state index contributed by atoms with van der Waals surface area (Å²) in [6, 6.07) is 37.8. The minimum atomic E-state index is -2.79. The highest BCUT2D eigenvalue weighted by atomic mass is 32.1. The van der Waals surface area contributed by atoms with Crippen LogP contribution in [0.3, 0.4) is 0 Å². The van der Waals surface area contributed by atoms with Crippen LogP contribution < -0.4 is 4.74 Å². The number of hydrogen-bond donors (Lipinski definition) is 0. The summed E-state index contributed by atoms with van der Waals surface area (Å²) in [5.74, 6) is -7.28. The Hall–Kier alpha value is -10.2. The van der Waals surface area contributed by atoms with Gasteiger partial charge in [0.2, 0.25) is 10.3 Å². The lowest BCUT2D eigenvalue weighted by molar-refractivity contribution is -0.183. The van der Waals surface area contributed by atoms with Crippen molar-refractivity contribution in [2.24, 2.45) is 9.98 Å². The number of aromatic nitrogens is 2. The molecule has 0 N–H and O–H groups in total. The summed E-state index contributed by atoms with van der Waals surface area (Å²) in [7, 11) is 0. The number of nitrogens with zero attached hydrogens (tertiary/aromatic N) is 8. The molecule has 0 spiro atoms. The van der Waals surface area contributed by atoms with E-state index in [2.05, 4.69) is 15.0 Å². The van der Waals surface area contributed by atoms with Gasteiger partial charge in [0.15, 0.2) is 5.75 Å². The summed E-state index contributed by atoms with van der Waals surface area (Å²) in [4.78, 5) is 132. The largest absolute Gasteiger partial charge is 0.457 e. The molecule has 0 atom stereocenters. The van der Waals surface area contributed by atoms with Crippen LogP contribution in [0.15, 0.2) is 154 Å². The number of carbonyl (C=O) groups excluding carboxylic acids is 8. The lowest BCUT2D eigenvalue weighted by Gasteiger charge is -2.33. The average Bonchev–Trinajstić information content (AvgIpc) is 2.48. The number of thiophene rings is 2. The number of fused-ring (bicyclic) bond motifs is 7. The number of ether oxygens (including phenoxy) is 5. The van der Waals surface area contributed by atoms with Crippen molar-refractivity contribution < 1.29 is 62.0 Å². The van der Waals surface area contributed by atoms with E-state index in [1.54, 1.807) is 133 Å². The van der Waals surface area contributed by atoms with E-state index < -0.39 is 75.9 Å². The van der Waals surface area contributed by atoms with Gasteiger partial charge in [-0.1, -0.05) is 144 Å². The molecule has 8 aromatic rings. The molecule has 3 aliphatic rings. The third-order valence-corrected chi connectivity index (χ3v) is 17.3. The van der Waals surface area contributed by atoms with Crippen LogP contribution in [0, 0.1) is 22.7 Å². The fourth-order valence-electron chi connectivity index (χ4n) is 8.69. The fourth-order valence-corrected chi connectivity index (χ4v) is 13.4. The first-order valence-electron chi connectivity index (χ1n) is 24.3. The maximum atomic E-state index is 15.3. The maximum absolute atomic E-state index is 15.3. The summed E-state index contributed by atoms with van der Waals surface area (Å²) in [5.41, 5.74) is -2.99. The Bertz CT molecular complexity index is 4210. The number of nitriles is 2. The van der Waals surface area contributed by atoms with Crippen LogP contribution in [0.4, 0.5) is 19.9 Å². The zero-order valence-electron chi connectivity index (χ0n) is 42.4. The molecular formula is C57H34N8O13S4. The van der Waals surface area contributed by atoms with Gasteiger partial charge in [0.05, 0.1) is 20.0 Å². The van der Waals surface area contributed by atoms with E-state index in [1.165, 1.54) is 13.8 Å². The van der Waals surface area contributed by atoms with Gasteiger partial charge in [-0.2, -0.15) is 20.3 Å². The molecule has 11 rings (SSSR count). The Kier molecular flexibility index (Phi) is 14.5. The second-order valence-electron chi connectivity index (χ2n) is 17.9. The lowest BCUT2D eigenvalue weighted by Crippen LogP contribution is -2.52. The molecule has 0 saturated heterocycles. The van der Waals surface area contributed by atoms with E-state index in [4.69, 9.17) is 28.7 Å². The molecule has 0 radical (unpaired) electrons. The molecule has 4 aromatic heterocycles. The summed E-state index contributed by atoms with van der Waals surface area (Å²) in [6.07, 6.45) is -2.69. The van der Waals surface area contributed by atoms with Gasteiger partial charge in [-0.05, 0) is 36.1 Å². The molecule has 0 bridgehead atoms. The quantitative estimate of drug-likeness (QED) is 0.0475. The molecule has 21 nitrogen and oxygen atoms in total. The second kappa shape index (κ2) is 22.2. The number of benzene rings is 4. The Morgan fingerprint density at radius 1 is 0.524 bits per heavy atom. The van der Waals surface area contributed by atoms with Crippen LogP contribution in [0.1, 0.15) is 41.7 Å². The Morgan fingerprint density at radius 2 is 0.890 bits per heavy atom. The zero-order valence-corrected chi connectivity index (χ0v) is 45.7. The van der Waals surface area contributed by atoms with Crippen LogP contribution in [-0.2, 0) is 79.7 Å². The van der Waals surface area contributed by atoms with Gasteiger partial charge in [0.1, 0.15) is 75.5 Å². The first kappa shape index (κ1) is 53.8. The molecule has 82 heavy (non-hydrogen) atoms. The van der Waals surface area contributed by atoms with E-state index in [0.29, 0.717) is 32.0 Å². The van der Waals surface area contributed by atoms with Gasteiger partial charge in [-0.25, -0.2) is 39.1 Å². The van der Waals surface area contributed by atoms with Crippen LogP contribution in [-0.4, -0.2) is 78.9 Å². The van der Waals surface area contributed by atoms with Crippen molar-refractivity contribution in [2.75, 3.05) is 0 Å². The standard InChI is InChI=1S/C57H34N8O13S4/c1-29-35(23-58)47(66)64(55(72)76-27-33-19-11-5-12-20-33)49(68)38(29)60-53-62-45-42(81-53)37-41(79-45)43-40(78-57(37,51(70)74-25-31-15-7-3-8-16-31)52(71)75-26-32-17-9-4-10-18-32)44-46(80-43)63-54(82-44)61-39-30(2)36(24-59)48(67)65(50(39)69)56(73)77-28-34-21-13-6-14-22-34/h3-22H,25-28H2,1-2H3/b60-38+,61-39+. The number of hydrogen-bond acceptors (Lipinski definition) is 23. The highest BCUT2D eigenvalue weighted by Crippen LogP contribution is 2.60. The average molecular weight is 1170 g/mol. The van der Waals surface area contributed by atoms with E-state index in [9.17, 15) is 39.3 Å². The van der Waals surface area contributed by atoms with Gasteiger partial charge in [0.25, 0.3) is 23.6 Å². The first-order valence-corrected chi connectivity index (χ1v) is 27.5. The molecule has 6 amide bonds. The van der Waals surface area contributed by atoms with Crippen molar-refractivity contribution in [2.45, 2.75) is 45.9 Å². The topological polar surface area (TPSA) is 287 Å². The van der Waals surface area contributed by atoms with Crippen molar-refractivity contribution in [1.82, 2.24) is 19.8 Å². The Morgan fingerprint density at radius 3 is 1.29 bits per heavy atom. The van der Waals surface area contributed by atoms with Crippen molar-refractivity contribution >= 4 is 134 Å². The smallest absolute Gasteiger partial charge is 0.424 e. The fraction of sp³-hybridized carbons (Fsp3) is 0.123. The number of imide groups is 6. The zero-order chi connectivity index (χ0) is 57.4. The van der Waals surface area contributed by atoms with Gasteiger partial charge >= 0.3 is 29.7 Å². The number of aliphatic imine (C=N–C) groups is 2. The van der Waals surface area contributed by atoms with Gasteiger partial charge in [-0.15, -0.1) is 22.7 Å². The molecule has 404 valence electrons. The number of esters is 2. The number of thiazole rings is 2. The summed E-state index contributed by atoms with van der Waals surface area (Å²) in [5, 5.41) is 19.9. The predicted octanol–water partition coefficient (Wildman–Crippen LogP) is 10.0. The SMILES string of the molecule is CC1=C(C#N)C(=O)N(C(=O)OCc2ccccc2)C(=O)/C1=N/c1nc2sc3c(c2s1)OC(C(=O)OCc1ccccc1)(C(=O)OCc1ccccc1)c1c-3sc2nc(/N=C3/C(=O)N(C(=O)OCc4ccccc4)C(=O)C(C#N)=C3C)sc12. The highest BCUT2D eigenvalue weighted by Gasteiger charge is 2.61. The van der Waals surface area contributed by atoms with E-state index in [0.717, 1.165) is 45.3 Å². The molecule has 0 aliphatic carbocycles. The van der Waals surface area contributed by atoms with Crippen LogP contribution in [0.25, 0.3) is 28.8 Å². The maximum Gasteiger partial charge on any atom is 0.424 e. The van der Waals surface area contributed by atoms with Crippen molar-refractivity contribution in [3.8, 4) is 27.6 Å². The van der Waals surface area contributed by atoms with Crippen molar-refractivity contribution in [3.63, 3.8) is 0 Å². The van der Waals surface area contributed by atoms with Crippen molar-refractivity contribution in [3.05, 3.63) is 171 Å². The molecular weight excluding hydrogens is 1130 g/mol. The molecule has 0 fully saturated rings. The molecule has 7 heterocycles. The number of rotatable bonds is 12. The lowest BCUT2D eigenvalue weighted by atomic mass is 9.91. The van der Waals surface area contributed by atoms with Crippen LogP contribution in [0.2, 0.25) is 0 Å². The summed E-state index contributed by atoms with van der Waals surface area (Å²) in [6.45, 7) is 1.37. The molecule has 4 aromatic carbocycles. The number of amides is 6. The monoisotopic (exact) mass is 1170 g/mol. The second-order valence-corrected chi connectivity index (χ2v) is 21.8. The van der Waals surface area contributed by atoms with E-state index in [-0.39, 0.29) is 88.0 Å². The Labute approximate surface area is 478 Å². The van der Waals surface area contributed by atoms with Gasteiger partial charge in [-0.3, -0.25) is 19.2 Å². The summed E-state index contributed by atoms with van der Waals surface area (Å²) >= 11 is 3.74. The predicted molar refractivity (Wildman–Crippen MR) is 297 cm³/mol. The van der Waals surface area contributed by atoms with Crippen LogP contribution in [0.5, 0.6) is 5.75 Å². The third kappa shape index (κ3) is 9.68. The highest BCUT2D eigenvalue weighted by molar-refractivity contribution is 7.35. The summed E-state index contributed by atoms with van der Waals surface area (Å²) < 4.78 is 29.8. The molecule has 0 unspecified atom stereocenters. The third-order valence-electron chi connectivity index (χ3n) is 12.8. The van der Waals surface area contributed by atoms with E-state index in [1.807, 2.05) is 0 Å². The minimum absolute atomic E-state index is 0.0399. The molecule has 0 saturated carbocycles. The van der Waals surface area contributed by atoms with Gasteiger partial charge in [0, 0.05) is 11.1 Å². The first-order chi connectivity index (χ1) is 39.7. The minimum Gasteiger partial charge on any atom is -0.457 e.